The van der Waals surface area contributed by atoms with Gasteiger partial charge in [-0.2, -0.15) is 0 Å². The summed E-state index contributed by atoms with van der Waals surface area (Å²) >= 11 is -0.951. The van der Waals surface area contributed by atoms with Crippen molar-refractivity contribution in [1.29, 1.82) is 0 Å². The van der Waals surface area contributed by atoms with Gasteiger partial charge in [-0.25, -0.2) is 13.1 Å². The molecule has 1 atom stereocenters. The second-order valence-electron chi connectivity index (χ2n) is 3.91. The summed E-state index contributed by atoms with van der Waals surface area (Å²) in [6, 6.07) is 0. The smallest absolute Gasteiger partial charge is 0.318 e. The standard InChI is InChI=1S/C10H14N4O5S3/c1-3-11-22(17,18)10-7(15)6(5-20-10)12-8-9(19-4-2)14-21(16)13-8/h5,11,15H,3-4H2,1-2H3,(H,12,13). The molecule has 1 unspecified atom stereocenters. The number of ether oxygens (including phenoxy) is 1. The van der Waals surface area contributed by atoms with Gasteiger partial charge in [-0.3, -0.25) is 0 Å². The van der Waals surface area contributed by atoms with Gasteiger partial charge >= 0.3 is 5.88 Å². The molecule has 0 amide bonds. The van der Waals surface area contributed by atoms with Crippen LogP contribution in [0.2, 0.25) is 0 Å². The summed E-state index contributed by atoms with van der Waals surface area (Å²) in [7, 11) is -3.77. The number of hydrogen-bond acceptors (Lipinski definition) is 9. The van der Waals surface area contributed by atoms with Gasteiger partial charge in [0.1, 0.15) is 0 Å². The highest BCUT2D eigenvalue weighted by Gasteiger charge is 2.25. The Hall–Kier alpha value is -1.47. The monoisotopic (exact) mass is 366 g/mol. The molecule has 0 saturated carbocycles. The minimum Gasteiger partial charge on any atom is -0.546 e. The maximum absolute atomic E-state index is 11.9. The van der Waals surface area contributed by atoms with Crippen molar-refractivity contribution >= 4 is 44.0 Å². The maximum Gasteiger partial charge on any atom is 0.318 e. The predicted molar refractivity (Wildman–Crippen MR) is 82.0 cm³/mol. The molecule has 0 bridgehead atoms. The van der Waals surface area contributed by atoms with Crippen LogP contribution in [0.1, 0.15) is 13.8 Å². The zero-order valence-electron chi connectivity index (χ0n) is 11.7. The number of nitrogens with one attached hydrogen (secondary N) is 2. The van der Waals surface area contributed by atoms with Crippen molar-refractivity contribution in [3.05, 3.63) is 5.38 Å². The summed E-state index contributed by atoms with van der Waals surface area (Å²) in [6.07, 6.45) is 0. The molecule has 0 aliphatic rings. The van der Waals surface area contributed by atoms with E-state index in [1.807, 2.05) is 0 Å². The first-order valence-corrected chi connectivity index (χ1v) is 9.61. The number of anilines is 2. The first kappa shape index (κ1) is 16.9. The molecule has 2 rings (SSSR count). The number of hydrogen-bond donors (Lipinski definition) is 3. The Morgan fingerprint density at radius 2 is 2.18 bits per heavy atom. The van der Waals surface area contributed by atoms with E-state index in [1.165, 1.54) is 5.38 Å². The van der Waals surface area contributed by atoms with Crippen LogP contribution < -0.4 is 14.8 Å². The largest absolute Gasteiger partial charge is 0.546 e. The Kier molecular flexibility index (Phi) is 5.18. The molecule has 122 valence electrons. The van der Waals surface area contributed by atoms with E-state index in [0.29, 0.717) is 6.61 Å². The van der Waals surface area contributed by atoms with Crippen LogP contribution in [0.5, 0.6) is 11.6 Å². The third-order valence-corrected chi connectivity index (χ3v) is 6.10. The van der Waals surface area contributed by atoms with E-state index in [1.54, 1.807) is 13.8 Å². The zero-order valence-corrected chi connectivity index (χ0v) is 14.1. The fourth-order valence-corrected chi connectivity index (χ4v) is 4.48. The molecule has 0 radical (unpaired) electrons. The van der Waals surface area contributed by atoms with Gasteiger partial charge in [0.05, 0.1) is 12.3 Å². The highest BCUT2D eigenvalue weighted by atomic mass is 32.2. The van der Waals surface area contributed by atoms with Gasteiger partial charge in [0.25, 0.3) is 15.8 Å². The number of thiophene rings is 1. The predicted octanol–water partition coefficient (Wildman–Crippen LogP) is 1.41. The highest BCUT2D eigenvalue weighted by Crippen LogP contribution is 2.40. The quantitative estimate of drug-likeness (QED) is 0.626. The Labute approximate surface area is 134 Å². The Morgan fingerprint density at radius 3 is 2.82 bits per heavy atom. The molecule has 12 heteroatoms. The van der Waals surface area contributed by atoms with Gasteiger partial charge < -0.3 is 19.7 Å². The molecule has 2 heterocycles. The molecule has 0 spiro atoms. The van der Waals surface area contributed by atoms with Crippen molar-refractivity contribution in [2.75, 3.05) is 18.5 Å². The zero-order chi connectivity index (χ0) is 16.3. The molecule has 0 fully saturated rings. The van der Waals surface area contributed by atoms with Crippen molar-refractivity contribution < 1.29 is 22.8 Å². The van der Waals surface area contributed by atoms with E-state index in [0.717, 1.165) is 11.3 Å². The SMILES string of the molecule is CCNS(=O)(=O)c1scc(Nc2n[s+]([O-])nc2OCC)c1O. The van der Waals surface area contributed by atoms with E-state index >= 15 is 0 Å². The Bertz CT molecular complexity index is 755. The van der Waals surface area contributed by atoms with E-state index in [-0.39, 0.29) is 28.1 Å². The third kappa shape index (κ3) is 3.47. The van der Waals surface area contributed by atoms with Crippen molar-refractivity contribution in [3.8, 4) is 11.6 Å². The molecule has 22 heavy (non-hydrogen) atoms. The third-order valence-electron chi connectivity index (χ3n) is 2.38. The van der Waals surface area contributed by atoms with Crippen LogP contribution in [0.3, 0.4) is 0 Å². The fraction of sp³-hybridized carbons (Fsp3) is 0.400. The second-order valence-corrected chi connectivity index (χ2v) is 7.58. The number of rotatable bonds is 7. The lowest BCUT2D eigenvalue weighted by Gasteiger charge is -2.04. The molecular weight excluding hydrogens is 352 g/mol. The van der Waals surface area contributed by atoms with Crippen LogP contribution in [0.4, 0.5) is 11.5 Å². The van der Waals surface area contributed by atoms with Gasteiger partial charge in [-0.15, -0.1) is 11.3 Å². The maximum atomic E-state index is 11.9. The van der Waals surface area contributed by atoms with Crippen LogP contribution in [0.25, 0.3) is 0 Å². The molecule has 0 aromatic carbocycles. The molecule has 2 aromatic rings. The van der Waals surface area contributed by atoms with Crippen LogP contribution >= 0.6 is 22.5 Å². The first-order chi connectivity index (χ1) is 10.4. The number of nitrogens with zero attached hydrogens (tertiary/aromatic N) is 2. The summed E-state index contributed by atoms with van der Waals surface area (Å²) in [6.45, 7) is 3.86. The van der Waals surface area contributed by atoms with E-state index < -0.39 is 26.9 Å². The van der Waals surface area contributed by atoms with Crippen LogP contribution in [-0.4, -0.2) is 40.0 Å². The van der Waals surface area contributed by atoms with Crippen LogP contribution in [0, 0.1) is 0 Å². The molecular formula is C10H14N4O5S3. The van der Waals surface area contributed by atoms with Crippen LogP contribution in [0.15, 0.2) is 9.59 Å². The summed E-state index contributed by atoms with van der Waals surface area (Å²) in [5.74, 6) is -0.328. The lowest BCUT2D eigenvalue weighted by Crippen LogP contribution is -2.22. The average Bonchev–Trinajstić information content (AvgIpc) is 2.95. The fourth-order valence-electron chi connectivity index (χ4n) is 1.56. The topological polar surface area (TPSA) is 136 Å². The van der Waals surface area contributed by atoms with Gasteiger partial charge in [-0.05, 0) is 6.92 Å². The minimum absolute atomic E-state index is 0.0440. The molecule has 0 aliphatic heterocycles. The normalized spacial score (nSPS) is 12.4. The number of aromatic hydroxyl groups is 1. The summed E-state index contributed by atoms with van der Waals surface area (Å²) < 4.78 is 49.7. The summed E-state index contributed by atoms with van der Waals surface area (Å²) in [5, 5.41) is 14.1. The Morgan fingerprint density at radius 1 is 1.45 bits per heavy atom. The van der Waals surface area contributed by atoms with Gasteiger partial charge in [0.2, 0.25) is 0 Å². The van der Waals surface area contributed by atoms with Gasteiger partial charge in [0, 0.05) is 20.7 Å². The number of aromatic nitrogens is 2. The molecule has 3 N–H and O–H groups in total. The summed E-state index contributed by atoms with van der Waals surface area (Å²) in [5.41, 5.74) is 0.117. The van der Waals surface area contributed by atoms with Crippen molar-refractivity contribution in [3.63, 3.8) is 0 Å². The Balaban J connectivity index is 2.31. The van der Waals surface area contributed by atoms with Crippen molar-refractivity contribution in [1.82, 2.24) is 13.5 Å². The van der Waals surface area contributed by atoms with Crippen molar-refractivity contribution in [2.24, 2.45) is 0 Å². The highest BCUT2D eigenvalue weighted by molar-refractivity contribution is 7.91. The summed E-state index contributed by atoms with van der Waals surface area (Å²) in [4.78, 5) is 0. The molecule has 9 nitrogen and oxygen atoms in total. The lowest BCUT2D eigenvalue weighted by molar-refractivity contribution is 0.331. The second kappa shape index (κ2) is 6.75. The van der Waals surface area contributed by atoms with Crippen LogP contribution in [-0.2, 0) is 10.0 Å². The van der Waals surface area contributed by atoms with Gasteiger partial charge in [-0.1, -0.05) is 6.92 Å². The van der Waals surface area contributed by atoms with E-state index in [4.69, 9.17) is 4.74 Å². The van der Waals surface area contributed by atoms with Gasteiger partial charge in [0.15, 0.2) is 21.1 Å². The molecule has 2 aromatic heterocycles. The minimum atomic E-state index is -3.77. The number of sulfonamides is 1. The molecule has 0 saturated heterocycles. The van der Waals surface area contributed by atoms with Crippen molar-refractivity contribution in [2.45, 2.75) is 18.1 Å². The first-order valence-electron chi connectivity index (χ1n) is 6.18. The molecule has 0 aliphatic carbocycles. The average molecular weight is 366 g/mol. The van der Waals surface area contributed by atoms with E-state index in [2.05, 4.69) is 18.8 Å². The van der Waals surface area contributed by atoms with E-state index in [9.17, 15) is 18.1 Å². The lowest BCUT2D eigenvalue weighted by atomic mass is 10.4.